The molecule has 5 nitrogen and oxygen atoms in total. The Morgan fingerprint density at radius 2 is 1.74 bits per heavy atom. The molecule has 3 rings (SSSR count). The van der Waals surface area contributed by atoms with Crippen molar-refractivity contribution in [3.05, 3.63) is 42.4 Å². The standard InChI is InChI=1S/C15H16F3N5/c16-15(17,18)11-2-3-13(21-10-11)23-8-4-12(5-9-23)22-14-19-6-1-7-20-14/h1-3,6-7,10,12H,4-5,8-9H2,(H,19,20,22). The molecule has 0 radical (unpaired) electrons. The monoisotopic (exact) mass is 323 g/mol. The van der Waals surface area contributed by atoms with Gasteiger partial charge in [-0.1, -0.05) is 0 Å². The van der Waals surface area contributed by atoms with Crippen LogP contribution in [-0.4, -0.2) is 34.1 Å². The van der Waals surface area contributed by atoms with Crippen LogP contribution in [-0.2, 0) is 6.18 Å². The predicted octanol–water partition coefficient (Wildman–Crippen LogP) is 2.97. The van der Waals surface area contributed by atoms with E-state index in [9.17, 15) is 13.2 Å². The third kappa shape index (κ3) is 3.88. The van der Waals surface area contributed by atoms with Gasteiger partial charge in [0.05, 0.1) is 5.56 Å². The number of anilines is 2. The van der Waals surface area contributed by atoms with Gasteiger partial charge in [-0.25, -0.2) is 15.0 Å². The van der Waals surface area contributed by atoms with E-state index >= 15 is 0 Å². The van der Waals surface area contributed by atoms with Crippen molar-refractivity contribution in [2.45, 2.75) is 25.1 Å². The molecule has 1 saturated heterocycles. The number of alkyl halides is 3. The first-order valence-corrected chi connectivity index (χ1v) is 7.34. The fourth-order valence-electron chi connectivity index (χ4n) is 2.55. The van der Waals surface area contributed by atoms with E-state index in [4.69, 9.17) is 0 Å². The fourth-order valence-corrected chi connectivity index (χ4v) is 2.55. The highest BCUT2D eigenvalue weighted by Gasteiger charge is 2.31. The minimum Gasteiger partial charge on any atom is -0.356 e. The number of hydrogen-bond donors (Lipinski definition) is 1. The van der Waals surface area contributed by atoms with Gasteiger partial charge >= 0.3 is 6.18 Å². The van der Waals surface area contributed by atoms with Crippen LogP contribution in [0.5, 0.6) is 0 Å². The molecule has 2 aromatic rings. The Morgan fingerprint density at radius 1 is 1.04 bits per heavy atom. The number of nitrogens with one attached hydrogen (secondary N) is 1. The zero-order valence-corrected chi connectivity index (χ0v) is 12.3. The van der Waals surface area contributed by atoms with Crippen molar-refractivity contribution in [2.24, 2.45) is 0 Å². The maximum absolute atomic E-state index is 12.5. The first-order valence-electron chi connectivity index (χ1n) is 7.34. The van der Waals surface area contributed by atoms with Crippen LogP contribution in [0.4, 0.5) is 24.9 Å². The quantitative estimate of drug-likeness (QED) is 0.941. The lowest BCUT2D eigenvalue weighted by molar-refractivity contribution is -0.137. The van der Waals surface area contributed by atoms with Crippen LogP contribution in [0.15, 0.2) is 36.8 Å². The van der Waals surface area contributed by atoms with Gasteiger partial charge in [0.1, 0.15) is 5.82 Å². The van der Waals surface area contributed by atoms with Gasteiger partial charge < -0.3 is 10.2 Å². The van der Waals surface area contributed by atoms with Gasteiger partial charge in [-0.15, -0.1) is 0 Å². The molecular formula is C15H16F3N5. The highest BCUT2D eigenvalue weighted by Crippen LogP contribution is 2.29. The van der Waals surface area contributed by atoms with E-state index in [0.717, 1.165) is 38.2 Å². The lowest BCUT2D eigenvalue weighted by Gasteiger charge is -2.33. The van der Waals surface area contributed by atoms with Crippen molar-refractivity contribution in [2.75, 3.05) is 23.3 Å². The topological polar surface area (TPSA) is 53.9 Å². The van der Waals surface area contributed by atoms with Crippen LogP contribution in [0.1, 0.15) is 18.4 Å². The van der Waals surface area contributed by atoms with E-state index in [-0.39, 0.29) is 6.04 Å². The average Bonchev–Trinajstić information content (AvgIpc) is 2.56. The minimum absolute atomic E-state index is 0.253. The molecule has 122 valence electrons. The van der Waals surface area contributed by atoms with Crippen molar-refractivity contribution in [1.29, 1.82) is 0 Å². The Bertz CT molecular complexity index is 622. The number of aromatic nitrogens is 3. The Kier molecular flexibility index (Phi) is 4.31. The normalized spacial score (nSPS) is 16.4. The Morgan fingerprint density at radius 3 is 2.30 bits per heavy atom. The van der Waals surface area contributed by atoms with E-state index in [1.807, 2.05) is 4.90 Å². The molecule has 1 N–H and O–H groups in total. The van der Waals surface area contributed by atoms with Gasteiger partial charge in [0, 0.05) is 37.7 Å². The molecule has 0 atom stereocenters. The molecule has 0 saturated carbocycles. The van der Waals surface area contributed by atoms with Gasteiger partial charge in [-0.05, 0) is 31.0 Å². The van der Waals surface area contributed by atoms with Crippen LogP contribution in [0.2, 0.25) is 0 Å². The molecule has 0 bridgehead atoms. The summed E-state index contributed by atoms with van der Waals surface area (Å²) >= 11 is 0. The molecule has 0 aromatic carbocycles. The van der Waals surface area contributed by atoms with Gasteiger partial charge in [0.15, 0.2) is 0 Å². The predicted molar refractivity (Wildman–Crippen MR) is 80.1 cm³/mol. The van der Waals surface area contributed by atoms with Crippen LogP contribution in [0.25, 0.3) is 0 Å². The maximum Gasteiger partial charge on any atom is 0.417 e. The second-order valence-corrected chi connectivity index (χ2v) is 5.38. The van der Waals surface area contributed by atoms with Gasteiger partial charge in [0.25, 0.3) is 0 Å². The average molecular weight is 323 g/mol. The molecule has 0 spiro atoms. The van der Waals surface area contributed by atoms with Crippen molar-refractivity contribution in [1.82, 2.24) is 15.0 Å². The highest BCUT2D eigenvalue weighted by atomic mass is 19.4. The van der Waals surface area contributed by atoms with E-state index in [0.29, 0.717) is 11.8 Å². The van der Waals surface area contributed by atoms with Crippen LogP contribution < -0.4 is 10.2 Å². The minimum atomic E-state index is -4.35. The van der Waals surface area contributed by atoms with Crippen molar-refractivity contribution >= 4 is 11.8 Å². The van der Waals surface area contributed by atoms with E-state index in [1.165, 1.54) is 6.07 Å². The summed E-state index contributed by atoms with van der Waals surface area (Å²) in [6.07, 6.45) is 1.59. The van der Waals surface area contributed by atoms with E-state index in [1.54, 1.807) is 18.5 Å². The summed E-state index contributed by atoms with van der Waals surface area (Å²) < 4.78 is 37.6. The summed E-state index contributed by atoms with van der Waals surface area (Å²) in [5, 5.41) is 3.26. The Hall–Kier alpha value is -2.38. The van der Waals surface area contributed by atoms with Gasteiger partial charge in [-0.3, -0.25) is 0 Å². The van der Waals surface area contributed by atoms with Crippen molar-refractivity contribution in [3.8, 4) is 0 Å². The molecule has 2 aromatic heterocycles. The lowest BCUT2D eigenvalue weighted by atomic mass is 10.1. The molecule has 3 heterocycles. The molecule has 23 heavy (non-hydrogen) atoms. The van der Waals surface area contributed by atoms with Gasteiger partial charge in [0.2, 0.25) is 5.95 Å². The molecule has 0 aliphatic carbocycles. The molecule has 1 fully saturated rings. The molecule has 0 amide bonds. The van der Waals surface area contributed by atoms with Crippen LogP contribution in [0.3, 0.4) is 0 Å². The number of pyridine rings is 1. The fraction of sp³-hybridized carbons (Fsp3) is 0.400. The summed E-state index contributed by atoms with van der Waals surface area (Å²) in [7, 11) is 0. The SMILES string of the molecule is FC(F)(F)c1ccc(N2CCC(Nc3ncccn3)CC2)nc1. The highest BCUT2D eigenvalue weighted by molar-refractivity contribution is 5.41. The summed E-state index contributed by atoms with van der Waals surface area (Å²) in [4.78, 5) is 14.2. The Labute approximate surface area is 131 Å². The van der Waals surface area contributed by atoms with Crippen molar-refractivity contribution in [3.63, 3.8) is 0 Å². The second kappa shape index (κ2) is 6.39. The first kappa shape index (κ1) is 15.5. The molecular weight excluding hydrogens is 307 g/mol. The number of nitrogens with zero attached hydrogens (tertiary/aromatic N) is 4. The molecule has 0 unspecified atom stereocenters. The largest absolute Gasteiger partial charge is 0.417 e. The molecule has 1 aliphatic rings. The summed E-state index contributed by atoms with van der Waals surface area (Å²) in [5.74, 6) is 1.17. The van der Waals surface area contributed by atoms with E-state index in [2.05, 4.69) is 20.3 Å². The zero-order chi connectivity index (χ0) is 16.3. The first-order chi connectivity index (χ1) is 11.0. The second-order valence-electron chi connectivity index (χ2n) is 5.38. The zero-order valence-electron chi connectivity index (χ0n) is 12.3. The van der Waals surface area contributed by atoms with Crippen LogP contribution >= 0.6 is 0 Å². The number of hydrogen-bond acceptors (Lipinski definition) is 5. The Balaban J connectivity index is 1.56. The maximum atomic E-state index is 12.5. The lowest BCUT2D eigenvalue weighted by Crippen LogP contribution is -2.39. The third-order valence-electron chi connectivity index (χ3n) is 3.79. The van der Waals surface area contributed by atoms with Crippen LogP contribution in [0, 0.1) is 0 Å². The van der Waals surface area contributed by atoms with Gasteiger partial charge in [-0.2, -0.15) is 13.2 Å². The third-order valence-corrected chi connectivity index (χ3v) is 3.79. The molecule has 8 heteroatoms. The van der Waals surface area contributed by atoms with Crippen molar-refractivity contribution < 1.29 is 13.2 Å². The number of piperidine rings is 1. The smallest absolute Gasteiger partial charge is 0.356 e. The van der Waals surface area contributed by atoms with E-state index < -0.39 is 11.7 Å². The number of halogens is 3. The summed E-state index contributed by atoms with van der Waals surface area (Å²) in [6.45, 7) is 1.45. The molecule has 1 aliphatic heterocycles. The summed E-state index contributed by atoms with van der Waals surface area (Å²) in [5.41, 5.74) is -0.723. The summed E-state index contributed by atoms with van der Waals surface area (Å²) in [6, 6.07) is 4.51. The number of rotatable bonds is 3.